The molecule has 0 bridgehead atoms. The SMILES string of the molecule is COc1cccc(CC(O)CCc2ccco2)c1. The second kappa shape index (κ2) is 6.26. The van der Waals surface area contributed by atoms with Gasteiger partial charge >= 0.3 is 0 Å². The molecule has 0 fully saturated rings. The van der Waals surface area contributed by atoms with Gasteiger partial charge in [0.05, 0.1) is 19.5 Å². The van der Waals surface area contributed by atoms with E-state index < -0.39 is 0 Å². The molecule has 1 heterocycles. The van der Waals surface area contributed by atoms with E-state index in [2.05, 4.69) is 0 Å². The third kappa shape index (κ3) is 3.64. The van der Waals surface area contributed by atoms with Crippen LogP contribution < -0.4 is 4.74 Å². The van der Waals surface area contributed by atoms with Crippen molar-refractivity contribution in [2.24, 2.45) is 0 Å². The summed E-state index contributed by atoms with van der Waals surface area (Å²) in [5, 5.41) is 9.98. The second-order valence-corrected chi connectivity index (χ2v) is 4.33. The summed E-state index contributed by atoms with van der Waals surface area (Å²) in [6.45, 7) is 0. The Kier molecular flexibility index (Phi) is 4.42. The minimum absolute atomic E-state index is 0.359. The predicted molar refractivity (Wildman–Crippen MR) is 69.7 cm³/mol. The standard InChI is InChI=1S/C15H18O3/c1-17-15-5-2-4-12(11-15)10-13(16)7-8-14-6-3-9-18-14/h2-6,9,11,13,16H,7-8,10H2,1H3. The number of hydrogen-bond donors (Lipinski definition) is 1. The van der Waals surface area contributed by atoms with Gasteiger partial charge in [0.1, 0.15) is 11.5 Å². The van der Waals surface area contributed by atoms with Gasteiger partial charge in [-0.2, -0.15) is 0 Å². The molecule has 0 aliphatic heterocycles. The fraction of sp³-hybridized carbons (Fsp3) is 0.333. The van der Waals surface area contributed by atoms with Gasteiger partial charge in [-0.25, -0.2) is 0 Å². The Morgan fingerprint density at radius 3 is 2.89 bits per heavy atom. The maximum atomic E-state index is 9.98. The molecule has 1 atom stereocenters. The first-order chi connectivity index (χ1) is 8.78. The van der Waals surface area contributed by atoms with E-state index in [0.717, 1.165) is 23.5 Å². The Morgan fingerprint density at radius 2 is 2.17 bits per heavy atom. The van der Waals surface area contributed by atoms with Gasteiger partial charge < -0.3 is 14.3 Å². The zero-order chi connectivity index (χ0) is 12.8. The fourth-order valence-electron chi connectivity index (χ4n) is 1.94. The maximum absolute atomic E-state index is 9.98. The molecule has 3 heteroatoms. The fourth-order valence-corrected chi connectivity index (χ4v) is 1.94. The minimum Gasteiger partial charge on any atom is -0.497 e. The Balaban J connectivity index is 1.84. The summed E-state index contributed by atoms with van der Waals surface area (Å²) in [4.78, 5) is 0. The van der Waals surface area contributed by atoms with Crippen molar-refractivity contribution in [2.75, 3.05) is 7.11 Å². The first kappa shape index (κ1) is 12.7. The predicted octanol–water partition coefficient (Wildman–Crippen LogP) is 2.82. The van der Waals surface area contributed by atoms with Gasteiger partial charge in [-0.1, -0.05) is 12.1 Å². The number of aliphatic hydroxyl groups is 1. The normalized spacial score (nSPS) is 12.3. The van der Waals surface area contributed by atoms with Gasteiger partial charge in [0.2, 0.25) is 0 Å². The summed E-state index contributed by atoms with van der Waals surface area (Å²) in [6.07, 6.45) is 3.40. The Labute approximate surface area is 107 Å². The topological polar surface area (TPSA) is 42.6 Å². The van der Waals surface area contributed by atoms with Crippen molar-refractivity contribution in [1.29, 1.82) is 0 Å². The van der Waals surface area contributed by atoms with Crippen LogP contribution in [0.3, 0.4) is 0 Å². The van der Waals surface area contributed by atoms with E-state index in [9.17, 15) is 5.11 Å². The number of furan rings is 1. The highest BCUT2D eigenvalue weighted by atomic mass is 16.5. The lowest BCUT2D eigenvalue weighted by Crippen LogP contribution is -2.11. The summed E-state index contributed by atoms with van der Waals surface area (Å²) in [5.74, 6) is 1.74. The number of methoxy groups -OCH3 is 1. The zero-order valence-corrected chi connectivity index (χ0v) is 10.5. The molecule has 0 saturated carbocycles. The van der Waals surface area contributed by atoms with Crippen LogP contribution in [0.4, 0.5) is 0 Å². The maximum Gasteiger partial charge on any atom is 0.119 e. The number of rotatable bonds is 6. The van der Waals surface area contributed by atoms with Crippen LogP contribution >= 0.6 is 0 Å². The van der Waals surface area contributed by atoms with E-state index >= 15 is 0 Å². The molecule has 0 aliphatic carbocycles. The summed E-state index contributed by atoms with van der Waals surface area (Å²) in [6, 6.07) is 11.6. The molecule has 96 valence electrons. The van der Waals surface area contributed by atoms with Crippen LogP contribution in [0.1, 0.15) is 17.7 Å². The van der Waals surface area contributed by atoms with E-state index in [-0.39, 0.29) is 6.10 Å². The van der Waals surface area contributed by atoms with E-state index in [1.807, 2.05) is 36.4 Å². The third-order valence-corrected chi connectivity index (χ3v) is 2.91. The Morgan fingerprint density at radius 1 is 1.28 bits per heavy atom. The van der Waals surface area contributed by atoms with Crippen LogP contribution in [0.15, 0.2) is 47.1 Å². The van der Waals surface area contributed by atoms with Crippen molar-refractivity contribution in [3.8, 4) is 5.75 Å². The highest BCUT2D eigenvalue weighted by Gasteiger charge is 2.07. The van der Waals surface area contributed by atoms with Crippen molar-refractivity contribution in [3.05, 3.63) is 54.0 Å². The number of aliphatic hydroxyl groups excluding tert-OH is 1. The average Bonchev–Trinajstić information content (AvgIpc) is 2.90. The molecule has 18 heavy (non-hydrogen) atoms. The summed E-state index contributed by atoms with van der Waals surface area (Å²) in [5.41, 5.74) is 1.08. The lowest BCUT2D eigenvalue weighted by atomic mass is 10.0. The molecule has 2 rings (SSSR count). The molecule has 0 radical (unpaired) electrons. The van der Waals surface area contributed by atoms with Crippen LogP contribution in [0.5, 0.6) is 5.75 Å². The molecule has 1 unspecified atom stereocenters. The molecular weight excluding hydrogens is 228 g/mol. The lowest BCUT2D eigenvalue weighted by Gasteiger charge is -2.10. The number of ether oxygens (including phenoxy) is 1. The van der Waals surface area contributed by atoms with Crippen LogP contribution in [0.25, 0.3) is 0 Å². The molecule has 0 saturated heterocycles. The lowest BCUT2D eigenvalue weighted by molar-refractivity contribution is 0.163. The van der Waals surface area contributed by atoms with Crippen LogP contribution in [-0.2, 0) is 12.8 Å². The van der Waals surface area contributed by atoms with E-state index in [1.54, 1.807) is 13.4 Å². The smallest absolute Gasteiger partial charge is 0.119 e. The van der Waals surface area contributed by atoms with Gasteiger partial charge in [0.15, 0.2) is 0 Å². The summed E-state index contributed by atoms with van der Waals surface area (Å²) >= 11 is 0. The molecular formula is C15H18O3. The summed E-state index contributed by atoms with van der Waals surface area (Å²) < 4.78 is 10.4. The molecule has 0 amide bonds. The number of aryl methyl sites for hydroxylation is 1. The van der Waals surface area contributed by atoms with Crippen molar-refractivity contribution < 1.29 is 14.3 Å². The van der Waals surface area contributed by atoms with Gasteiger partial charge in [-0.15, -0.1) is 0 Å². The minimum atomic E-state index is -0.359. The van der Waals surface area contributed by atoms with Crippen LogP contribution in [-0.4, -0.2) is 18.3 Å². The zero-order valence-electron chi connectivity index (χ0n) is 10.5. The largest absolute Gasteiger partial charge is 0.497 e. The second-order valence-electron chi connectivity index (χ2n) is 4.33. The van der Waals surface area contributed by atoms with Gasteiger partial charge in [0.25, 0.3) is 0 Å². The molecule has 2 aromatic rings. The van der Waals surface area contributed by atoms with Gasteiger partial charge in [-0.3, -0.25) is 0 Å². The monoisotopic (exact) mass is 246 g/mol. The van der Waals surface area contributed by atoms with Crippen molar-refractivity contribution >= 4 is 0 Å². The highest BCUT2D eigenvalue weighted by Crippen LogP contribution is 2.15. The van der Waals surface area contributed by atoms with E-state index in [1.165, 1.54) is 0 Å². The quantitative estimate of drug-likeness (QED) is 0.852. The van der Waals surface area contributed by atoms with Crippen LogP contribution in [0, 0.1) is 0 Å². The molecule has 0 spiro atoms. The summed E-state index contributed by atoms with van der Waals surface area (Å²) in [7, 11) is 1.65. The molecule has 1 aromatic heterocycles. The molecule has 3 nitrogen and oxygen atoms in total. The van der Waals surface area contributed by atoms with Crippen molar-refractivity contribution in [2.45, 2.75) is 25.4 Å². The average molecular weight is 246 g/mol. The van der Waals surface area contributed by atoms with Crippen molar-refractivity contribution in [3.63, 3.8) is 0 Å². The number of hydrogen-bond acceptors (Lipinski definition) is 3. The molecule has 1 aromatic carbocycles. The van der Waals surface area contributed by atoms with E-state index in [0.29, 0.717) is 12.8 Å². The third-order valence-electron chi connectivity index (χ3n) is 2.91. The Hall–Kier alpha value is -1.74. The highest BCUT2D eigenvalue weighted by molar-refractivity contribution is 5.28. The number of benzene rings is 1. The molecule has 0 aliphatic rings. The molecule has 1 N–H and O–H groups in total. The van der Waals surface area contributed by atoms with E-state index in [4.69, 9.17) is 9.15 Å². The first-order valence-corrected chi connectivity index (χ1v) is 6.11. The van der Waals surface area contributed by atoms with Crippen LogP contribution in [0.2, 0.25) is 0 Å². The first-order valence-electron chi connectivity index (χ1n) is 6.11. The van der Waals surface area contributed by atoms with Gasteiger partial charge in [0, 0.05) is 6.42 Å². The van der Waals surface area contributed by atoms with Gasteiger partial charge in [-0.05, 0) is 42.7 Å². The van der Waals surface area contributed by atoms with Crippen molar-refractivity contribution in [1.82, 2.24) is 0 Å². The Bertz CT molecular complexity index is 462.